The van der Waals surface area contributed by atoms with Crippen molar-refractivity contribution in [1.82, 2.24) is 9.97 Å². The maximum Gasteiger partial charge on any atom is 0.357 e. The molecule has 1 aromatic carbocycles. The van der Waals surface area contributed by atoms with Crippen molar-refractivity contribution < 1.29 is 13.9 Å². The lowest BCUT2D eigenvalue weighted by Crippen LogP contribution is -2.06. The van der Waals surface area contributed by atoms with Crippen LogP contribution in [0.1, 0.15) is 10.5 Å². The van der Waals surface area contributed by atoms with E-state index < -0.39 is 11.8 Å². The van der Waals surface area contributed by atoms with Crippen molar-refractivity contribution in [2.24, 2.45) is 0 Å². The van der Waals surface area contributed by atoms with E-state index in [1.807, 2.05) is 0 Å². The van der Waals surface area contributed by atoms with Crippen LogP contribution in [-0.4, -0.2) is 23.0 Å². The summed E-state index contributed by atoms with van der Waals surface area (Å²) in [6.07, 6.45) is 0. The number of carbonyl (C=O) groups excluding carboxylic acids is 1. The number of nitrogens with zero attached hydrogens (tertiary/aromatic N) is 2. The number of methoxy groups -OCH3 is 1. The van der Waals surface area contributed by atoms with Gasteiger partial charge in [-0.1, -0.05) is 0 Å². The average molecular weight is 241 g/mol. The molecule has 0 radical (unpaired) electrons. The Morgan fingerprint density at radius 3 is 2.88 bits per heavy atom. The quantitative estimate of drug-likeness (QED) is 0.566. The molecule has 2 rings (SSSR count). The van der Waals surface area contributed by atoms with E-state index in [0.29, 0.717) is 5.39 Å². The van der Waals surface area contributed by atoms with Crippen LogP contribution in [0.15, 0.2) is 18.2 Å². The zero-order valence-corrected chi connectivity index (χ0v) is 8.95. The molecule has 6 heteroatoms. The molecule has 1 aromatic heterocycles. The average Bonchev–Trinajstić information content (AvgIpc) is 2.26. The van der Waals surface area contributed by atoms with Gasteiger partial charge in [-0.2, -0.15) is 0 Å². The standard InChI is InChI=1S/C10H6ClFN2O2/c1-16-9(15)8-6-3-2-5(12)4-7(6)13-10(11)14-8/h2-4H,1H3. The molecule has 0 N–H and O–H groups in total. The van der Waals surface area contributed by atoms with E-state index in [-0.39, 0.29) is 16.5 Å². The number of fused-ring (bicyclic) bond motifs is 1. The van der Waals surface area contributed by atoms with Crippen LogP contribution >= 0.6 is 11.6 Å². The molecular weight excluding hydrogens is 235 g/mol. The molecule has 0 saturated carbocycles. The SMILES string of the molecule is COC(=O)c1nc(Cl)nc2cc(F)ccc12. The highest BCUT2D eigenvalue weighted by atomic mass is 35.5. The number of rotatable bonds is 1. The minimum absolute atomic E-state index is 0.0255. The number of benzene rings is 1. The van der Waals surface area contributed by atoms with Gasteiger partial charge in [0.25, 0.3) is 0 Å². The van der Waals surface area contributed by atoms with Gasteiger partial charge in [0.2, 0.25) is 5.28 Å². The Bertz CT molecular complexity index is 569. The first kappa shape index (κ1) is 10.8. The predicted octanol–water partition coefficient (Wildman–Crippen LogP) is 2.21. The van der Waals surface area contributed by atoms with Crippen LogP contribution in [0.2, 0.25) is 5.28 Å². The summed E-state index contributed by atoms with van der Waals surface area (Å²) in [7, 11) is 1.23. The summed E-state index contributed by atoms with van der Waals surface area (Å²) in [4.78, 5) is 19.0. The van der Waals surface area contributed by atoms with Crippen LogP contribution in [0, 0.1) is 5.82 Å². The minimum atomic E-state index is -0.638. The van der Waals surface area contributed by atoms with Gasteiger partial charge in [0.05, 0.1) is 12.6 Å². The molecule has 0 saturated heterocycles. The second-order valence-corrected chi connectivity index (χ2v) is 3.33. The molecule has 0 aliphatic rings. The van der Waals surface area contributed by atoms with Crippen molar-refractivity contribution in [3.63, 3.8) is 0 Å². The third-order valence-electron chi connectivity index (χ3n) is 2.01. The minimum Gasteiger partial charge on any atom is -0.464 e. The summed E-state index contributed by atoms with van der Waals surface area (Å²) in [5.41, 5.74) is 0.290. The summed E-state index contributed by atoms with van der Waals surface area (Å²) >= 11 is 5.62. The fourth-order valence-corrected chi connectivity index (χ4v) is 1.50. The first-order valence-corrected chi connectivity index (χ1v) is 4.70. The van der Waals surface area contributed by atoms with Gasteiger partial charge >= 0.3 is 5.97 Å². The van der Waals surface area contributed by atoms with Crippen LogP contribution in [0.4, 0.5) is 4.39 Å². The number of halogens is 2. The maximum absolute atomic E-state index is 13.0. The third-order valence-corrected chi connectivity index (χ3v) is 2.18. The topological polar surface area (TPSA) is 52.1 Å². The van der Waals surface area contributed by atoms with Gasteiger partial charge in [0.15, 0.2) is 5.69 Å². The molecule has 0 bridgehead atoms. The first-order chi connectivity index (χ1) is 7.61. The van der Waals surface area contributed by atoms with Crippen LogP contribution in [-0.2, 0) is 4.74 Å². The number of aromatic nitrogens is 2. The van der Waals surface area contributed by atoms with Gasteiger partial charge in [-0.15, -0.1) is 0 Å². The van der Waals surface area contributed by atoms with Crippen molar-refractivity contribution in [2.45, 2.75) is 0 Å². The van der Waals surface area contributed by atoms with Crippen molar-refractivity contribution in [3.8, 4) is 0 Å². The van der Waals surface area contributed by atoms with Gasteiger partial charge in [0.1, 0.15) is 5.82 Å². The zero-order valence-electron chi connectivity index (χ0n) is 8.20. The van der Waals surface area contributed by atoms with E-state index in [0.717, 1.165) is 0 Å². The van der Waals surface area contributed by atoms with Crippen molar-refractivity contribution >= 4 is 28.5 Å². The van der Waals surface area contributed by atoms with Gasteiger partial charge in [0, 0.05) is 11.5 Å². The molecule has 0 amide bonds. The first-order valence-electron chi connectivity index (χ1n) is 4.33. The van der Waals surface area contributed by atoms with Gasteiger partial charge < -0.3 is 4.74 Å². The highest BCUT2D eigenvalue weighted by molar-refractivity contribution is 6.29. The largest absolute Gasteiger partial charge is 0.464 e. The lowest BCUT2D eigenvalue weighted by Gasteiger charge is -2.03. The Morgan fingerprint density at radius 2 is 2.19 bits per heavy atom. The summed E-state index contributed by atoms with van der Waals surface area (Å²) in [5, 5.41) is 0.274. The van der Waals surface area contributed by atoms with E-state index in [2.05, 4.69) is 14.7 Å². The van der Waals surface area contributed by atoms with Gasteiger partial charge in [-0.3, -0.25) is 0 Å². The Balaban J connectivity index is 2.77. The lowest BCUT2D eigenvalue weighted by atomic mass is 10.2. The van der Waals surface area contributed by atoms with Crippen molar-refractivity contribution in [1.29, 1.82) is 0 Å². The number of ether oxygens (including phenoxy) is 1. The molecule has 2 aromatic rings. The highest BCUT2D eigenvalue weighted by Crippen LogP contribution is 2.19. The van der Waals surface area contributed by atoms with Crippen LogP contribution in [0.5, 0.6) is 0 Å². The van der Waals surface area contributed by atoms with E-state index in [1.165, 1.54) is 25.3 Å². The Hall–Kier alpha value is -1.75. The van der Waals surface area contributed by atoms with Gasteiger partial charge in [-0.25, -0.2) is 19.2 Å². The Labute approximate surface area is 95.0 Å². The van der Waals surface area contributed by atoms with Crippen LogP contribution in [0.3, 0.4) is 0 Å². The fraction of sp³-hybridized carbons (Fsp3) is 0.100. The Kier molecular flexibility index (Phi) is 2.70. The summed E-state index contributed by atoms with van der Waals surface area (Å²) in [6.45, 7) is 0. The molecule has 0 atom stereocenters. The highest BCUT2D eigenvalue weighted by Gasteiger charge is 2.14. The summed E-state index contributed by atoms with van der Waals surface area (Å²) in [5.74, 6) is -1.10. The lowest BCUT2D eigenvalue weighted by molar-refractivity contribution is 0.0596. The molecule has 0 aliphatic heterocycles. The monoisotopic (exact) mass is 240 g/mol. The molecule has 0 spiro atoms. The van der Waals surface area contributed by atoms with E-state index in [1.54, 1.807) is 0 Å². The van der Waals surface area contributed by atoms with Crippen molar-refractivity contribution in [3.05, 3.63) is 35.0 Å². The zero-order chi connectivity index (χ0) is 11.7. The van der Waals surface area contributed by atoms with E-state index in [4.69, 9.17) is 11.6 Å². The molecular formula is C10H6ClFN2O2. The number of hydrogen-bond donors (Lipinski definition) is 0. The predicted molar refractivity (Wildman–Crippen MR) is 55.8 cm³/mol. The second kappa shape index (κ2) is 4.02. The fourth-order valence-electron chi connectivity index (χ4n) is 1.33. The molecule has 0 fully saturated rings. The number of carbonyl (C=O) groups is 1. The summed E-state index contributed by atoms with van der Waals surface area (Å²) in [6, 6.07) is 3.80. The maximum atomic E-state index is 13.0. The number of esters is 1. The molecule has 4 nitrogen and oxygen atoms in total. The number of hydrogen-bond acceptors (Lipinski definition) is 4. The normalized spacial score (nSPS) is 10.4. The Morgan fingerprint density at radius 1 is 1.44 bits per heavy atom. The molecule has 16 heavy (non-hydrogen) atoms. The third kappa shape index (κ3) is 1.81. The van der Waals surface area contributed by atoms with Crippen LogP contribution in [0.25, 0.3) is 10.9 Å². The smallest absolute Gasteiger partial charge is 0.357 e. The van der Waals surface area contributed by atoms with E-state index in [9.17, 15) is 9.18 Å². The van der Waals surface area contributed by atoms with Crippen LogP contribution < -0.4 is 0 Å². The van der Waals surface area contributed by atoms with E-state index >= 15 is 0 Å². The second-order valence-electron chi connectivity index (χ2n) is 2.99. The van der Waals surface area contributed by atoms with Gasteiger partial charge in [-0.05, 0) is 23.7 Å². The molecule has 1 heterocycles. The summed E-state index contributed by atoms with van der Waals surface area (Å²) < 4.78 is 17.5. The molecule has 0 unspecified atom stereocenters. The van der Waals surface area contributed by atoms with Crippen molar-refractivity contribution in [2.75, 3.05) is 7.11 Å². The molecule has 82 valence electrons. The molecule has 0 aliphatic carbocycles.